The van der Waals surface area contributed by atoms with E-state index < -0.39 is 0 Å². The van der Waals surface area contributed by atoms with E-state index in [9.17, 15) is 4.79 Å². The summed E-state index contributed by atoms with van der Waals surface area (Å²) in [4.78, 5) is 12.6. The number of methoxy groups -OCH3 is 1. The van der Waals surface area contributed by atoms with Crippen molar-refractivity contribution in [2.24, 2.45) is 0 Å². The van der Waals surface area contributed by atoms with Crippen molar-refractivity contribution in [3.8, 4) is 11.5 Å². The molecule has 3 aromatic carbocycles. The summed E-state index contributed by atoms with van der Waals surface area (Å²) in [5, 5.41) is 2.90. The Morgan fingerprint density at radius 1 is 0.880 bits per heavy atom. The third-order valence-corrected chi connectivity index (χ3v) is 3.73. The first-order chi connectivity index (χ1) is 12.3. The molecule has 0 aliphatic heterocycles. The minimum absolute atomic E-state index is 0.180. The van der Waals surface area contributed by atoms with Gasteiger partial charge >= 0.3 is 0 Å². The van der Waals surface area contributed by atoms with E-state index in [0.29, 0.717) is 23.6 Å². The van der Waals surface area contributed by atoms with E-state index >= 15 is 0 Å². The van der Waals surface area contributed by atoms with Crippen LogP contribution in [0.15, 0.2) is 78.9 Å². The van der Waals surface area contributed by atoms with Crippen molar-refractivity contribution in [3.63, 3.8) is 0 Å². The Kier molecular flexibility index (Phi) is 5.32. The molecular weight excluding hydrogens is 314 g/mol. The fraction of sp³-hybridized carbons (Fsp3) is 0.0952. The summed E-state index contributed by atoms with van der Waals surface area (Å²) in [5.41, 5.74) is 2.09. The van der Waals surface area contributed by atoms with Gasteiger partial charge in [-0.1, -0.05) is 42.5 Å². The molecule has 0 atom stereocenters. The van der Waals surface area contributed by atoms with Crippen LogP contribution in [-0.2, 0) is 6.61 Å². The molecule has 25 heavy (non-hydrogen) atoms. The van der Waals surface area contributed by atoms with Gasteiger partial charge in [0.2, 0.25) is 0 Å². The van der Waals surface area contributed by atoms with Gasteiger partial charge in [0, 0.05) is 22.9 Å². The zero-order valence-electron chi connectivity index (χ0n) is 13.9. The number of hydrogen-bond donors (Lipinski definition) is 1. The molecule has 4 nitrogen and oxygen atoms in total. The van der Waals surface area contributed by atoms with Crippen LogP contribution in [0.4, 0.5) is 5.69 Å². The number of ether oxygens (including phenoxy) is 2. The van der Waals surface area contributed by atoms with E-state index in [1.54, 1.807) is 19.2 Å². The van der Waals surface area contributed by atoms with Crippen molar-refractivity contribution in [2.75, 3.05) is 12.4 Å². The van der Waals surface area contributed by atoms with Gasteiger partial charge in [0.15, 0.2) is 0 Å². The number of carbonyl (C=O) groups is 1. The third kappa shape index (κ3) is 4.38. The first-order valence-corrected chi connectivity index (χ1v) is 7.97. The van der Waals surface area contributed by atoms with Crippen LogP contribution < -0.4 is 14.8 Å². The largest absolute Gasteiger partial charge is 0.497 e. The lowest BCUT2D eigenvalue weighted by molar-refractivity contribution is 0.102. The molecule has 0 unspecified atom stereocenters. The number of nitrogens with one attached hydrogen (secondary N) is 1. The second-order valence-electron chi connectivity index (χ2n) is 5.44. The standard InChI is InChI=1S/C21H19NO3/c1-24-19-12-7-9-17(14-19)22-21(23)20-13-6-5-8-16(20)15-25-18-10-3-2-4-11-18/h2-14H,15H2,1H3,(H,22,23). The molecule has 1 N–H and O–H groups in total. The highest BCUT2D eigenvalue weighted by molar-refractivity contribution is 6.05. The molecule has 126 valence electrons. The maximum absolute atomic E-state index is 12.6. The summed E-state index contributed by atoms with van der Waals surface area (Å²) in [5.74, 6) is 1.28. The molecule has 0 aromatic heterocycles. The molecule has 0 heterocycles. The summed E-state index contributed by atoms with van der Waals surface area (Å²) in [7, 11) is 1.59. The molecule has 0 saturated heterocycles. The van der Waals surface area contributed by atoms with Crippen molar-refractivity contribution in [3.05, 3.63) is 90.0 Å². The molecule has 0 spiro atoms. The van der Waals surface area contributed by atoms with Crippen LogP contribution in [0.5, 0.6) is 11.5 Å². The predicted molar refractivity (Wildman–Crippen MR) is 98.2 cm³/mol. The van der Waals surface area contributed by atoms with Gasteiger partial charge in [0.05, 0.1) is 7.11 Å². The molecule has 3 rings (SSSR count). The van der Waals surface area contributed by atoms with Gasteiger partial charge < -0.3 is 14.8 Å². The van der Waals surface area contributed by atoms with Gasteiger partial charge in [-0.05, 0) is 30.3 Å². The second kappa shape index (κ2) is 8.02. The van der Waals surface area contributed by atoms with Crippen LogP contribution in [0.1, 0.15) is 15.9 Å². The van der Waals surface area contributed by atoms with E-state index in [0.717, 1.165) is 11.3 Å². The molecular formula is C21H19NO3. The fourth-order valence-corrected chi connectivity index (χ4v) is 2.44. The first kappa shape index (κ1) is 16.6. The zero-order chi connectivity index (χ0) is 17.5. The number of carbonyl (C=O) groups excluding carboxylic acids is 1. The van der Waals surface area contributed by atoms with Crippen LogP contribution in [0, 0.1) is 0 Å². The number of para-hydroxylation sites is 1. The lowest BCUT2D eigenvalue weighted by Crippen LogP contribution is -2.15. The zero-order valence-corrected chi connectivity index (χ0v) is 13.9. The maximum Gasteiger partial charge on any atom is 0.256 e. The highest BCUT2D eigenvalue weighted by atomic mass is 16.5. The van der Waals surface area contributed by atoms with Crippen LogP contribution in [-0.4, -0.2) is 13.0 Å². The summed E-state index contributed by atoms with van der Waals surface area (Å²) in [6, 6.07) is 24.2. The molecule has 0 fully saturated rings. The smallest absolute Gasteiger partial charge is 0.256 e. The molecule has 0 radical (unpaired) electrons. The Morgan fingerprint density at radius 2 is 1.60 bits per heavy atom. The highest BCUT2D eigenvalue weighted by Gasteiger charge is 2.12. The summed E-state index contributed by atoms with van der Waals surface area (Å²) < 4.78 is 11.0. The number of rotatable bonds is 6. The van der Waals surface area contributed by atoms with Crippen molar-refractivity contribution >= 4 is 11.6 Å². The Morgan fingerprint density at radius 3 is 2.40 bits per heavy atom. The number of hydrogen-bond acceptors (Lipinski definition) is 3. The molecule has 4 heteroatoms. The maximum atomic E-state index is 12.6. The number of amides is 1. The summed E-state index contributed by atoms with van der Waals surface area (Å²) in [6.45, 7) is 0.325. The van der Waals surface area contributed by atoms with Crippen molar-refractivity contribution in [1.29, 1.82) is 0 Å². The van der Waals surface area contributed by atoms with Gasteiger partial charge in [-0.2, -0.15) is 0 Å². The summed E-state index contributed by atoms with van der Waals surface area (Å²) in [6.07, 6.45) is 0. The molecule has 0 aliphatic carbocycles. The van der Waals surface area contributed by atoms with E-state index in [4.69, 9.17) is 9.47 Å². The van der Waals surface area contributed by atoms with Crippen molar-refractivity contribution in [2.45, 2.75) is 6.61 Å². The molecule has 0 saturated carbocycles. The highest BCUT2D eigenvalue weighted by Crippen LogP contribution is 2.19. The third-order valence-electron chi connectivity index (χ3n) is 3.73. The Bertz CT molecular complexity index is 847. The molecule has 3 aromatic rings. The predicted octanol–water partition coefficient (Wildman–Crippen LogP) is 4.53. The second-order valence-corrected chi connectivity index (χ2v) is 5.44. The normalized spacial score (nSPS) is 10.1. The van der Waals surface area contributed by atoms with E-state index in [1.807, 2.05) is 66.7 Å². The van der Waals surface area contributed by atoms with Crippen molar-refractivity contribution < 1.29 is 14.3 Å². The minimum atomic E-state index is -0.180. The van der Waals surface area contributed by atoms with E-state index in [2.05, 4.69) is 5.32 Å². The van der Waals surface area contributed by atoms with Crippen LogP contribution in [0.25, 0.3) is 0 Å². The Labute approximate surface area is 147 Å². The Balaban J connectivity index is 1.74. The van der Waals surface area contributed by atoms with Crippen LogP contribution in [0.2, 0.25) is 0 Å². The van der Waals surface area contributed by atoms with E-state index in [-0.39, 0.29) is 5.91 Å². The van der Waals surface area contributed by atoms with Gasteiger partial charge in [-0.15, -0.1) is 0 Å². The first-order valence-electron chi connectivity index (χ1n) is 7.97. The van der Waals surface area contributed by atoms with Crippen LogP contribution in [0.3, 0.4) is 0 Å². The monoisotopic (exact) mass is 333 g/mol. The van der Waals surface area contributed by atoms with Crippen LogP contribution >= 0.6 is 0 Å². The number of benzene rings is 3. The number of anilines is 1. The van der Waals surface area contributed by atoms with Gasteiger partial charge in [0.25, 0.3) is 5.91 Å². The lowest BCUT2D eigenvalue weighted by Gasteiger charge is -2.12. The average molecular weight is 333 g/mol. The van der Waals surface area contributed by atoms with E-state index in [1.165, 1.54) is 0 Å². The average Bonchev–Trinajstić information content (AvgIpc) is 2.67. The minimum Gasteiger partial charge on any atom is -0.497 e. The molecule has 0 aliphatic rings. The SMILES string of the molecule is COc1cccc(NC(=O)c2ccccc2COc2ccccc2)c1. The fourth-order valence-electron chi connectivity index (χ4n) is 2.44. The molecule has 0 bridgehead atoms. The quantitative estimate of drug-likeness (QED) is 0.721. The topological polar surface area (TPSA) is 47.6 Å². The van der Waals surface area contributed by atoms with Crippen molar-refractivity contribution in [1.82, 2.24) is 0 Å². The molecule has 1 amide bonds. The Hall–Kier alpha value is -3.27. The van der Waals surface area contributed by atoms with Gasteiger partial charge in [-0.3, -0.25) is 4.79 Å². The lowest BCUT2D eigenvalue weighted by atomic mass is 10.1. The van der Waals surface area contributed by atoms with Gasteiger partial charge in [-0.25, -0.2) is 0 Å². The van der Waals surface area contributed by atoms with Gasteiger partial charge in [0.1, 0.15) is 18.1 Å². The summed E-state index contributed by atoms with van der Waals surface area (Å²) >= 11 is 0.